The molecular weight excluding hydrogens is 286 g/mol. The van der Waals surface area contributed by atoms with Crippen molar-refractivity contribution in [1.29, 1.82) is 0 Å². The monoisotopic (exact) mass is 299 g/mol. The van der Waals surface area contributed by atoms with E-state index in [0.717, 1.165) is 17.4 Å². The van der Waals surface area contributed by atoms with Crippen molar-refractivity contribution in [2.75, 3.05) is 6.54 Å². The molecule has 0 aliphatic heterocycles. The molecule has 1 unspecified atom stereocenters. The van der Waals surface area contributed by atoms with Crippen LogP contribution in [0.5, 0.6) is 0 Å². The van der Waals surface area contributed by atoms with Crippen molar-refractivity contribution in [1.82, 2.24) is 15.3 Å². The van der Waals surface area contributed by atoms with Gasteiger partial charge in [-0.15, -0.1) is 11.3 Å². The number of nitrogens with one attached hydrogen (secondary N) is 2. The second-order valence-electron chi connectivity index (χ2n) is 3.67. The number of H-pyrrole nitrogens is 1. The fraction of sp³-hybridized carbons (Fsp3) is 0.364. The van der Waals surface area contributed by atoms with Crippen LogP contribution in [0.4, 0.5) is 0 Å². The highest BCUT2D eigenvalue weighted by molar-refractivity contribution is 9.10. The Kier molecular flexibility index (Phi) is 4.15. The molecule has 5 heteroatoms. The van der Waals surface area contributed by atoms with E-state index in [9.17, 15) is 0 Å². The van der Waals surface area contributed by atoms with Gasteiger partial charge < -0.3 is 10.3 Å². The molecule has 0 spiro atoms. The quantitative estimate of drug-likeness (QED) is 0.890. The third kappa shape index (κ3) is 3.17. The van der Waals surface area contributed by atoms with Crippen molar-refractivity contribution in [3.8, 4) is 0 Å². The van der Waals surface area contributed by atoms with E-state index in [4.69, 9.17) is 0 Å². The molecule has 0 saturated carbocycles. The van der Waals surface area contributed by atoms with Gasteiger partial charge in [-0.3, -0.25) is 0 Å². The molecule has 1 atom stereocenters. The van der Waals surface area contributed by atoms with Crippen molar-refractivity contribution in [3.05, 3.63) is 39.0 Å². The van der Waals surface area contributed by atoms with Gasteiger partial charge in [-0.25, -0.2) is 4.98 Å². The van der Waals surface area contributed by atoms with E-state index < -0.39 is 0 Å². The third-order valence-corrected chi connectivity index (χ3v) is 4.29. The molecule has 2 N–H and O–H groups in total. The maximum absolute atomic E-state index is 3.99. The van der Waals surface area contributed by atoms with E-state index in [1.165, 1.54) is 10.6 Å². The number of thiophene rings is 1. The minimum atomic E-state index is 0.402. The zero-order valence-electron chi connectivity index (χ0n) is 9.03. The molecule has 3 nitrogen and oxygen atoms in total. The Morgan fingerprint density at radius 1 is 1.62 bits per heavy atom. The molecule has 0 aromatic carbocycles. The van der Waals surface area contributed by atoms with E-state index in [0.29, 0.717) is 6.04 Å². The Morgan fingerprint density at radius 2 is 2.50 bits per heavy atom. The van der Waals surface area contributed by atoms with E-state index in [-0.39, 0.29) is 0 Å². The normalized spacial score (nSPS) is 12.9. The summed E-state index contributed by atoms with van der Waals surface area (Å²) in [5.41, 5.74) is 1.17. The van der Waals surface area contributed by atoms with Crippen LogP contribution in [0.3, 0.4) is 0 Å². The molecule has 0 amide bonds. The van der Waals surface area contributed by atoms with Crippen LogP contribution in [0.25, 0.3) is 0 Å². The summed E-state index contributed by atoms with van der Waals surface area (Å²) >= 11 is 5.25. The Hall–Kier alpha value is -0.650. The van der Waals surface area contributed by atoms with Gasteiger partial charge in [-0.2, -0.15) is 0 Å². The topological polar surface area (TPSA) is 40.7 Å². The predicted molar refractivity (Wildman–Crippen MR) is 70.7 cm³/mol. The summed E-state index contributed by atoms with van der Waals surface area (Å²) in [5, 5.41) is 5.61. The number of nitrogens with zero attached hydrogens (tertiary/aromatic N) is 1. The highest BCUT2D eigenvalue weighted by Crippen LogP contribution is 2.25. The molecular formula is C11H14BrN3S. The number of hydrogen-bond donors (Lipinski definition) is 2. The Balaban J connectivity index is 1.78. The molecule has 0 saturated heterocycles. The van der Waals surface area contributed by atoms with Gasteiger partial charge in [0.05, 0.1) is 6.33 Å². The number of rotatable bonds is 5. The van der Waals surface area contributed by atoms with Crippen LogP contribution in [0.15, 0.2) is 28.4 Å². The fourth-order valence-corrected chi connectivity index (χ4v) is 2.98. The van der Waals surface area contributed by atoms with Gasteiger partial charge in [0, 0.05) is 45.6 Å². The van der Waals surface area contributed by atoms with E-state index in [1.807, 2.05) is 6.20 Å². The Labute approximate surface area is 107 Å². The summed E-state index contributed by atoms with van der Waals surface area (Å²) in [6, 6.07) is 2.57. The highest BCUT2D eigenvalue weighted by Gasteiger charge is 2.06. The zero-order valence-corrected chi connectivity index (χ0v) is 11.4. The molecule has 0 aliphatic carbocycles. The molecule has 2 aromatic heterocycles. The number of aromatic amines is 1. The second-order valence-corrected chi connectivity index (χ2v) is 5.53. The fourth-order valence-electron chi connectivity index (χ4n) is 1.50. The lowest BCUT2D eigenvalue weighted by atomic mass is 10.2. The lowest BCUT2D eigenvalue weighted by Crippen LogP contribution is -2.20. The highest BCUT2D eigenvalue weighted by atomic mass is 79.9. The van der Waals surface area contributed by atoms with Crippen LogP contribution in [0, 0.1) is 0 Å². The van der Waals surface area contributed by atoms with Gasteiger partial charge in [0.2, 0.25) is 0 Å². The molecule has 2 heterocycles. The third-order valence-electron chi connectivity index (χ3n) is 2.41. The lowest BCUT2D eigenvalue weighted by Gasteiger charge is -2.11. The summed E-state index contributed by atoms with van der Waals surface area (Å²) in [7, 11) is 0. The largest absolute Gasteiger partial charge is 0.348 e. The Bertz CT molecular complexity index is 424. The van der Waals surface area contributed by atoms with Crippen LogP contribution in [-0.4, -0.2) is 16.5 Å². The van der Waals surface area contributed by atoms with Crippen LogP contribution < -0.4 is 5.32 Å². The van der Waals surface area contributed by atoms with Gasteiger partial charge in [0.15, 0.2) is 0 Å². The summed E-state index contributed by atoms with van der Waals surface area (Å²) in [6.07, 6.45) is 4.57. The minimum Gasteiger partial charge on any atom is -0.348 e. The number of halogens is 1. The van der Waals surface area contributed by atoms with Crippen molar-refractivity contribution < 1.29 is 0 Å². The zero-order chi connectivity index (χ0) is 11.4. The number of imidazole rings is 1. The van der Waals surface area contributed by atoms with E-state index in [2.05, 4.69) is 49.6 Å². The van der Waals surface area contributed by atoms with Gasteiger partial charge >= 0.3 is 0 Å². The minimum absolute atomic E-state index is 0.402. The maximum atomic E-state index is 3.99. The molecule has 0 aliphatic rings. The molecule has 0 radical (unpaired) electrons. The van der Waals surface area contributed by atoms with E-state index in [1.54, 1.807) is 17.7 Å². The van der Waals surface area contributed by atoms with Crippen molar-refractivity contribution >= 4 is 27.3 Å². The first-order valence-corrected chi connectivity index (χ1v) is 6.87. The van der Waals surface area contributed by atoms with Gasteiger partial charge in [0.25, 0.3) is 0 Å². The van der Waals surface area contributed by atoms with Crippen LogP contribution >= 0.6 is 27.3 Å². The molecule has 2 aromatic rings. The maximum Gasteiger partial charge on any atom is 0.0921 e. The predicted octanol–water partition coefficient (Wildman–Crippen LogP) is 3.13. The summed E-state index contributed by atoms with van der Waals surface area (Å²) in [6.45, 7) is 3.14. The SMILES string of the molecule is CC(NCCc1cnc[nH]1)c1cc(Br)cs1. The molecule has 16 heavy (non-hydrogen) atoms. The van der Waals surface area contributed by atoms with E-state index >= 15 is 0 Å². The average molecular weight is 300 g/mol. The smallest absolute Gasteiger partial charge is 0.0921 e. The number of hydrogen-bond acceptors (Lipinski definition) is 3. The van der Waals surface area contributed by atoms with Crippen molar-refractivity contribution in [2.24, 2.45) is 0 Å². The number of aromatic nitrogens is 2. The van der Waals surface area contributed by atoms with Gasteiger partial charge in [-0.1, -0.05) is 0 Å². The summed E-state index contributed by atoms with van der Waals surface area (Å²) in [5.74, 6) is 0. The van der Waals surface area contributed by atoms with Crippen molar-refractivity contribution in [2.45, 2.75) is 19.4 Å². The Morgan fingerprint density at radius 3 is 3.12 bits per heavy atom. The average Bonchev–Trinajstić information content (AvgIpc) is 2.89. The summed E-state index contributed by atoms with van der Waals surface area (Å²) < 4.78 is 1.16. The van der Waals surface area contributed by atoms with Crippen LogP contribution in [-0.2, 0) is 6.42 Å². The summed E-state index contributed by atoms with van der Waals surface area (Å²) in [4.78, 5) is 8.45. The first kappa shape index (κ1) is 11.8. The van der Waals surface area contributed by atoms with Crippen LogP contribution in [0.1, 0.15) is 23.5 Å². The standard InChI is InChI=1S/C11H14BrN3S/c1-8(11-4-9(12)6-16-11)14-3-2-10-5-13-7-15-10/h4-8,14H,2-3H2,1H3,(H,13,15). The second kappa shape index (κ2) is 5.61. The van der Waals surface area contributed by atoms with Gasteiger partial charge in [0.1, 0.15) is 0 Å². The molecule has 0 bridgehead atoms. The van der Waals surface area contributed by atoms with Gasteiger partial charge in [-0.05, 0) is 28.9 Å². The molecule has 0 fully saturated rings. The van der Waals surface area contributed by atoms with Crippen LogP contribution in [0.2, 0.25) is 0 Å². The first-order chi connectivity index (χ1) is 7.75. The molecule has 2 rings (SSSR count). The lowest BCUT2D eigenvalue weighted by molar-refractivity contribution is 0.582. The first-order valence-electron chi connectivity index (χ1n) is 5.20. The molecule has 86 valence electrons. The van der Waals surface area contributed by atoms with Crippen molar-refractivity contribution in [3.63, 3.8) is 0 Å².